The topological polar surface area (TPSA) is 84.5 Å². The number of anilines is 1. The molecule has 0 fully saturated rings. The van der Waals surface area contributed by atoms with Crippen LogP contribution in [0.15, 0.2) is 47.4 Å². The number of rotatable bonds is 4. The summed E-state index contributed by atoms with van der Waals surface area (Å²) in [6, 6.07) is 11.9. The third-order valence-corrected chi connectivity index (χ3v) is 4.84. The molecule has 0 spiro atoms. The molecule has 1 aliphatic rings. The highest BCUT2D eigenvalue weighted by Gasteiger charge is 2.17. The van der Waals surface area contributed by atoms with Gasteiger partial charge in [0.15, 0.2) is 6.61 Å². The number of hydrogen-bond donors (Lipinski definition) is 2. The van der Waals surface area contributed by atoms with Gasteiger partial charge in [0, 0.05) is 6.54 Å². The van der Waals surface area contributed by atoms with Crippen molar-refractivity contribution in [2.24, 2.45) is 0 Å². The van der Waals surface area contributed by atoms with Crippen LogP contribution >= 0.6 is 0 Å². The van der Waals surface area contributed by atoms with Crippen molar-refractivity contribution in [2.45, 2.75) is 18.4 Å². The third-order valence-electron chi connectivity index (χ3n) is 3.45. The zero-order chi connectivity index (χ0) is 16.4. The Morgan fingerprint density at radius 1 is 1.22 bits per heavy atom. The molecule has 0 radical (unpaired) electrons. The van der Waals surface area contributed by atoms with E-state index in [1.165, 1.54) is 0 Å². The lowest BCUT2D eigenvalue weighted by atomic mass is 10.2. The first-order chi connectivity index (χ1) is 10.9. The van der Waals surface area contributed by atoms with E-state index in [-0.39, 0.29) is 24.0 Å². The van der Waals surface area contributed by atoms with Crippen molar-refractivity contribution in [3.63, 3.8) is 0 Å². The lowest BCUT2D eigenvalue weighted by Crippen LogP contribution is -2.26. The van der Waals surface area contributed by atoms with Crippen LogP contribution in [0.1, 0.15) is 11.1 Å². The van der Waals surface area contributed by atoms with E-state index in [0.717, 1.165) is 11.1 Å². The number of aryl methyl sites for hydroxylation is 1. The number of nitrogens with one attached hydrogen (secondary N) is 2. The Kier molecular flexibility index (Phi) is 4.06. The molecular formula is C16H16N2O4S. The van der Waals surface area contributed by atoms with Crippen molar-refractivity contribution in [1.82, 2.24) is 4.72 Å². The van der Waals surface area contributed by atoms with Gasteiger partial charge in [-0.25, -0.2) is 13.1 Å². The maximum absolute atomic E-state index is 12.3. The predicted molar refractivity (Wildman–Crippen MR) is 85.8 cm³/mol. The lowest BCUT2D eigenvalue weighted by molar-refractivity contribution is -0.118. The molecule has 0 unspecified atom stereocenters. The smallest absolute Gasteiger partial charge is 0.262 e. The summed E-state index contributed by atoms with van der Waals surface area (Å²) < 4.78 is 32.5. The quantitative estimate of drug-likeness (QED) is 0.894. The predicted octanol–water partition coefficient (Wildman–Crippen LogP) is 1.80. The number of sulfonamides is 1. The average Bonchev–Trinajstić information content (AvgIpc) is 2.53. The van der Waals surface area contributed by atoms with Crippen LogP contribution in [0.4, 0.5) is 5.69 Å². The van der Waals surface area contributed by atoms with Crippen LogP contribution in [-0.2, 0) is 21.4 Å². The van der Waals surface area contributed by atoms with Gasteiger partial charge in [0.25, 0.3) is 5.91 Å². The van der Waals surface area contributed by atoms with Crippen LogP contribution in [0, 0.1) is 6.92 Å². The van der Waals surface area contributed by atoms with E-state index in [1.54, 1.807) is 36.4 Å². The zero-order valence-electron chi connectivity index (χ0n) is 12.5. The summed E-state index contributed by atoms with van der Waals surface area (Å²) in [4.78, 5) is 11.5. The number of fused-ring (bicyclic) bond motifs is 1. The van der Waals surface area contributed by atoms with Gasteiger partial charge in [0.2, 0.25) is 10.0 Å². The van der Waals surface area contributed by atoms with Crippen molar-refractivity contribution in [1.29, 1.82) is 0 Å². The van der Waals surface area contributed by atoms with Crippen molar-refractivity contribution < 1.29 is 17.9 Å². The van der Waals surface area contributed by atoms with Crippen LogP contribution in [-0.4, -0.2) is 20.9 Å². The molecule has 2 aromatic carbocycles. The second-order valence-electron chi connectivity index (χ2n) is 5.31. The fraction of sp³-hybridized carbons (Fsp3) is 0.188. The Morgan fingerprint density at radius 2 is 2.04 bits per heavy atom. The fourth-order valence-corrected chi connectivity index (χ4v) is 3.40. The van der Waals surface area contributed by atoms with E-state index in [0.29, 0.717) is 11.4 Å². The van der Waals surface area contributed by atoms with Gasteiger partial charge in [-0.3, -0.25) is 4.79 Å². The second kappa shape index (κ2) is 6.02. The van der Waals surface area contributed by atoms with Crippen LogP contribution in [0.5, 0.6) is 5.75 Å². The Bertz CT molecular complexity index is 862. The number of carbonyl (C=O) groups excluding carboxylic acids is 1. The van der Waals surface area contributed by atoms with Gasteiger partial charge in [-0.2, -0.15) is 0 Å². The fourth-order valence-electron chi connectivity index (χ4n) is 2.27. The van der Waals surface area contributed by atoms with E-state index >= 15 is 0 Å². The van der Waals surface area contributed by atoms with Gasteiger partial charge in [-0.1, -0.05) is 18.2 Å². The highest BCUT2D eigenvalue weighted by atomic mass is 32.2. The third kappa shape index (κ3) is 3.52. The van der Waals surface area contributed by atoms with Crippen LogP contribution in [0.25, 0.3) is 0 Å². The van der Waals surface area contributed by atoms with Crippen molar-refractivity contribution in [3.05, 3.63) is 53.6 Å². The zero-order valence-corrected chi connectivity index (χ0v) is 13.3. The molecule has 0 aromatic heterocycles. The molecule has 7 heteroatoms. The van der Waals surface area contributed by atoms with Gasteiger partial charge in [-0.05, 0) is 42.3 Å². The number of carbonyl (C=O) groups is 1. The van der Waals surface area contributed by atoms with Crippen LogP contribution < -0.4 is 14.8 Å². The molecule has 0 aliphatic carbocycles. The van der Waals surface area contributed by atoms with Gasteiger partial charge in [-0.15, -0.1) is 0 Å². The van der Waals surface area contributed by atoms with E-state index in [2.05, 4.69) is 10.0 Å². The number of ether oxygens (including phenoxy) is 1. The lowest BCUT2D eigenvalue weighted by Gasteiger charge is -2.18. The van der Waals surface area contributed by atoms with Gasteiger partial charge in [0.05, 0.1) is 10.6 Å². The van der Waals surface area contributed by atoms with E-state index in [4.69, 9.17) is 4.74 Å². The van der Waals surface area contributed by atoms with Gasteiger partial charge in [0.1, 0.15) is 5.75 Å². The van der Waals surface area contributed by atoms with E-state index < -0.39 is 10.0 Å². The summed E-state index contributed by atoms with van der Waals surface area (Å²) in [6.45, 7) is 1.94. The van der Waals surface area contributed by atoms with Crippen molar-refractivity contribution in [2.75, 3.05) is 11.9 Å². The molecule has 0 atom stereocenters. The standard InChI is InChI=1S/C16H16N2O4S/c1-11-3-2-4-13(7-11)23(20,21)17-9-12-5-6-14-15(8-12)22-10-16(19)18-14/h2-8,17H,9-10H2,1H3,(H,18,19). The minimum Gasteiger partial charge on any atom is -0.482 e. The molecule has 1 heterocycles. The molecule has 2 aromatic rings. The van der Waals surface area contributed by atoms with Crippen LogP contribution in [0.3, 0.4) is 0 Å². The molecule has 2 N–H and O–H groups in total. The Balaban J connectivity index is 1.74. The largest absolute Gasteiger partial charge is 0.482 e. The van der Waals surface area contributed by atoms with Gasteiger partial charge >= 0.3 is 0 Å². The monoisotopic (exact) mass is 332 g/mol. The van der Waals surface area contributed by atoms with E-state index in [1.807, 2.05) is 13.0 Å². The Morgan fingerprint density at radius 3 is 2.83 bits per heavy atom. The summed E-state index contributed by atoms with van der Waals surface area (Å²) in [7, 11) is -3.57. The average molecular weight is 332 g/mol. The Labute approximate surface area is 134 Å². The highest BCUT2D eigenvalue weighted by Crippen LogP contribution is 2.28. The van der Waals surface area contributed by atoms with E-state index in [9.17, 15) is 13.2 Å². The summed E-state index contributed by atoms with van der Waals surface area (Å²) in [6.07, 6.45) is 0. The van der Waals surface area contributed by atoms with Crippen molar-refractivity contribution in [3.8, 4) is 5.75 Å². The SMILES string of the molecule is Cc1cccc(S(=O)(=O)NCc2ccc3c(c2)OCC(=O)N3)c1. The minimum atomic E-state index is -3.57. The first-order valence-electron chi connectivity index (χ1n) is 7.06. The van der Waals surface area contributed by atoms with Gasteiger partial charge < -0.3 is 10.1 Å². The summed E-state index contributed by atoms with van der Waals surface area (Å²) in [5, 5.41) is 2.69. The summed E-state index contributed by atoms with van der Waals surface area (Å²) in [5.41, 5.74) is 2.22. The number of hydrogen-bond acceptors (Lipinski definition) is 4. The first-order valence-corrected chi connectivity index (χ1v) is 8.54. The number of amides is 1. The molecule has 1 amide bonds. The highest BCUT2D eigenvalue weighted by molar-refractivity contribution is 7.89. The van der Waals surface area contributed by atoms with Crippen molar-refractivity contribution >= 4 is 21.6 Å². The molecule has 3 rings (SSSR count). The maximum atomic E-state index is 12.3. The molecule has 120 valence electrons. The molecular weight excluding hydrogens is 316 g/mol. The normalized spacial score (nSPS) is 13.9. The summed E-state index contributed by atoms with van der Waals surface area (Å²) in [5.74, 6) is 0.335. The molecule has 0 saturated heterocycles. The molecule has 23 heavy (non-hydrogen) atoms. The molecule has 6 nitrogen and oxygen atoms in total. The molecule has 1 aliphatic heterocycles. The Hall–Kier alpha value is -2.38. The van der Waals surface area contributed by atoms with Crippen LogP contribution in [0.2, 0.25) is 0 Å². The summed E-state index contributed by atoms with van der Waals surface area (Å²) >= 11 is 0. The molecule has 0 bridgehead atoms. The second-order valence-corrected chi connectivity index (χ2v) is 7.08. The maximum Gasteiger partial charge on any atom is 0.262 e. The molecule has 0 saturated carbocycles. The number of benzene rings is 2. The first kappa shape index (κ1) is 15.5. The minimum absolute atomic E-state index is 0.0362.